The molecule has 1 aromatic carbocycles. The van der Waals surface area contributed by atoms with Crippen LogP contribution in [0.1, 0.15) is 30.0 Å². The first-order valence-electron chi connectivity index (χ1n) is 6.43. The van der Waals surface area contributed by atoms with E-state index < -0.39 is 0 Å². The summed E-state index contributed by atoms with van der Waals surface area (Å²) < 4.78 is 11.2. The van der Waals surface area contributed by atoms with Crippen molar-refractivity contribution in [3.63, 3.8) is 0 Å². The second-order valence-corrected chi connectivity index (χ2v) is 4.66. The Labute approximate surface area is 107 Å². The lowest BCUT2D eigenvalue weighted by Gasteiger charge is -2.23. The number of fused-ring (bicyclic) bond motifs is 1. The van der Waals surface area contributed by atoms with Crippen molar-refractivity contribution >= 4 is 0 Å². The molecule has 18 heavy (non-hydrogen) atoms. The summed E-state index contributed by atoms with van der Waals surface area (Å²) in [5.41, 5.74) is 5.23. The minimum atomic E-state index is -0.0591. The standard InChI is InChI=1S/C14H18N2O2/c15-16-14(13-3-1-2-7-17-13)11-4-5-12-10(9-11)6-8-18-12/h3-5,9,14,16H,1-2,6-8,15H2. The van der Waals surface area contributed by atoms with Gasteiger partial charge in [-0.15, -0.1) is 0 Å². The lowest BCUT2D eigenvalue weighted by molar-refractivity contribution is 0.168. The molecule has 0 radical (unpaired) electrons. The van der Waals surface area contributed by atoms with Crippen LogP contribution in [0.25, 0.3) is 0 Å². The quantitative estimate of drug-likeness (QED) is 0.631. The Balaban J connectivity index is 1.89. The molecule has 0 saturated carbocycles. The maximum atomic E-state index is 5.69. The topological polar surface area (TPSA) is 56.5 Å². The van der Waals surface area contributed by atoms with E-state index in [0.717, 1.165) is 49.5 Å². The molecule has 2 aliphatic rings. The van der Waals surface area contributed by atoms with Gasteiger partial charge in [0.15, 0.2) is 0 Å². The average molecular weight is 246 g/mol. The SMILES string of the molecule is NNC(C1=CCCCO1)c1ccc2c(c1)CCO2. The summed E-state index contributed by atoms with van der Waals surface area (Å²) in [4.78, 5) is 0. The first kappa shape index (κ1) is 11.6. The number of ether oxygens (including phenoxy) is 2. The molecule has 3 rings (SSSR count). The van der Waals surface area contributed by atoms with Crippen LogP contribution in [0.2, 0.25) is 0 Å². The third-order valence-electron chi connectivity index (χ3n) is 3.46. The molecule has 0 aromatic heterocycles. The molecule has 0 spiro atoms. The molecule has 1 atom stereocenters. The zero-order valence-corrected chi connectivity index (χ0v) is 10.3. The molecule has 96 valence electrons. The van der Waals surface area contributed by atoms with E-state index in [0.29, 0.717) is 0 Å². The van der Waals surface area contributed by atoms with Crippen LogP contribution >= 0.6 is 0 Å². The predicted octanol–water partition coefficient (Wildman–Crippen LogP) is 1.82. The number of rotatable bonds is 3. The fourth-order valence-electron chi connectivity index (χ4n) is 2.51. The molecule has 2 heterocycles. The highest BCUT2D eigenvalue weighted by molar-refractivity contribution is 5.42. The van der Waals surface area contributed by atoms with Crippen molar-refractivity contribution in [3.05, 3.63) is 41.2 Å². The molecule has 1 unspecified atom stereocenters. The van der Waals surface area contributed by atoms with Gasteiger partial charge < -0.3 is 9.47 Å². The van der Waals surface area contributed by atoms with Crippen LogP contribution in [0.3, 0.4) is 0 Å². The van der Waals surface area contributed by atoms with Gasteiger partial charge in [-0.25, -0.2) is 5.43 Å². The number of hydrogen-bond donors (Lipinski definition) is 2. The van der Waals surface area contributed by atoms with Crippen molar-refractivity contribution in [1.29, 1.82) is 0 Å². The van der Waals surface area contributed by atoms with E-state index in [-0.39, 0.29) is 6.04 Å². The van der Waals surface area contributed by atoms with Crippen molar-refractivity contribution in [2.75, 3.05) is 13.2 Å². The molecule has 0 bridgehead atoms. The van der Waals surface area contributed by atoms with E-state index in [4.69, 9.17) is 15.3 Å². The molecule has 2 aliphatic heterocycles. The fraction of sp³-hybridized carbons (Fsp3) is 0.429. The van der Waals surface area contributed by atoms with Gasteiger partial charge in [0.1, 0.15) is 17.6 Å². The summed E-state index contributed by atoms with van der Waals surface area (Å²) in [5.74, 6) is 7.61. The van der Waals surface area contributed by atoms with E-state index in [9.17, 15) is 0 Å². The Morgan fingerprint density at radius 1 is 1.22 bits per heavy atom. The minimum Gasteiger partial charge on any atom is -0.496 e. The van der Waals surface area contributed by atoms with Crippen molar-refractivity contribution in [3.8, 4) is 5.75 Å². The van der Waals surface area contributed by atoms with E-state index in [1.807, 2.05) is 12.1 Å². The van der Waals surface area contributed by atoms with Gasteiger partial charge in [-0.3, -0.25) is 5.84 Å². The average Bonchev–Trinajstić information content (AvgIpc) is 2.88. The smallest absolute Gasteiger partial charge is 0.122 e. The first-order chi connectivity index (χ1) is 8.88. The largest absolute Gasteiger partial charge is 0.496 e. The van der Waals surface area contributed by atoms with E-state index in [1.54, 1.807) is 0 Å². The number of allylic oxidation sites excluding steroid dienone is 1. The van der Waals surface area contributed by atoms with E-state index in [1.165, 1.54) is 5.56 Å². The second kappa shape index (κ2) is 5.00. The second-order valence-electron chi connectivity index (χ2n) is 4.66. The maximum Gasteiger partial charge on any atom is 0.122 e. The third-order valence-corrected chi connectivity index (χ3v) is 3.46. The molecule has 0 fully saturated rings. The van der Waals surface area contributed by atoms with Gasteiger partial charge in [0, 0.05) is 6.42 Å². The summed E-state index contributed by atoms with van der Waals surface area (Å²) in [6.45, 7) is 1.55. The first-order valence-corrected chi connectivity index (χ1v) is 6.43. The minimum absolute atomic E-state index is 0.0591. The van der Waals surface area contributed by atoms with Crippen LogP contribution in [0, 0.1) is 0 Å². The fourth-order valence-corrected chi connectivity index (χ4v) is 2.51. The van der Waals surface area contributed by atoms with Gasteiger partial charge in [-0.05, 0) is 42.2 Å². The Bertz CT molecular complexity index is 471. The molecule has 0 aliphatic carbocycles. The normalized spacial score (nSPS) is 19.5. The van der Waals surface area contributed by atoms with Crippen LogP contribution in [-0.2, 0) is 11.2 Å². The van der Waals surface area contributed by atoms with Crippen LogP contribution in [0.4, 0.5) is 0 Å². The molecule has 1 aromatic rings. The van der Waals surface area contributed by atoms with Crippen LogP contribution in [0.15, 0.2) is 30.0 Å². The molecule has 0 saturated heterocycles. The van der Waals surface area contributed by atoms with E-state index >= 15 is 0 Å². The summed E-state index contributed by atoms with van der Waals surface area (Å²) in [6.07, 6.45) is 5.23. The molecule has 4 nitrogen and oxygen atoms in total. The zero-order valence-electron chi connectivity index (χ0n) is 10.3. The van der Waals surface area contributed by atoms with Crippen molar-refractivity contribution < 1.29 is 9.47 Å². The number of hydrazine groups is 1. The van der Waals surface area contributed by atoms with Crippen molar-refractivity contribution in [2.45, 2.75) is 25.3 Å². The van der Waals surface area contributed by atoms with Crippen LogP contribution in [0.5, 0.6) is 5.75 Å². The van der Waals surface area contributed by atoms with Gasteiger partial charge in [0.2, 0.25) is 0 Å². The number of benzene rings is 1. The molecule has 3 N–H and O–H groups in total. The number of nitrogens with two attached hydrogens (primary N) is 1. The highest BCUT2D eigenvalue weighted by Gasteiger charge is 2.21. The molecule has 4 heteroatoms. The van der Waals surface area contributed by atoms with Gasteiger partial charge in [-0.2, -0.15) is 0 Å². The monoisotopic (exact) mass is 246 g/mol. The van der Waals surface area contributed by atoms with Gasteiger partial charge in [0.05, 0.1) is 13.2 Å². The molecular weight excluding hydrogens is 228 g/mol. The third kappa shape index (κ3) is 2.09. The lowest BCUT2D eigenvalue weighted by atomic mass is 10.00. The number of hydrogen-bond acceptors (Lipinski definition) is 4. The van der Waals surface area contributed by atoms with Gasteiger partial charge in [-0.1, -0.05) is 6.07 Å². The van der Waals surface area contributed by atoms with Crippen molar-refractivity contribution in [2.24, 2.45) is 5.84 Å². The van der Waals surface area contributed by atoms with Crippen molar-refractivity contribution in [1.82, 2.24) is 5.43 Å². The van der Waals surface area contributed by atoms with Gasteiger partial charge in [0.25, 0.3) is 0 Å². The molecular formula is C14H18N2O2. The van der Waals surface area contributed by atoms with Crippen LogP contribution in [-0.4, -0.2) is 13.2 Å². The molecule has 0 amide bonds. The highest BCUT2D eigenvalue weighted by atomic mass is 16.5. The van der Waals surface area contributed by atoms with E-state index in [2.05, 4.69) is 17.6 Å². The Hall–Kier alpha value is -1.52. The Morgan fingerprint density at radius 3 is 2.94 bits per heavy atom. The maximum absolute atomic E-state index is 5.69. The lowest BCUT2D eigenvalue weighted by Crippen LogP contribution is -2.31. The van der Waals surface area contributed by atoms with Gasteiger partial charge >= 0.3 is 0 Å². The summed E-state index contributed by atoms with van der Waals surface area (Å²) in [6, 6.07) is 6.17. The highest BCUT2D eigenvalue weighted by Crippen LogP contribution is 2.31. The summed E-state index contributed by atoms with van der Waals surface area (Å²) in [7, 11) is 0. The summed E-state index contributed by atoms with van der Waals surface area (Å²) in [5, 5.41) is 0. The Kier molecular flexibility index (Phi) is 3.21. The zero-order chi connectivity index (χ0) is 12.4. The Morgan fingerprint density at radius 2 is 2.17 bits per heavy atom. The number of nitrogens with one attached hydrogen (secondary N) is 1. The van der Waals surface area contributed by atoms with Crippen LogP contribution < -0.4 is 16.0 Å². The summed E-state index contributed by atoms with van der Waals surface area (Å²) >= 11 is 0. The predicted molar refractivity (Wildman–Crippen MR) is 69.0 cm³/mol.